The van der Waals surface area contributed by atoms with Gasteiger partial charge in [-0.15, -0.1) is 0 Å². The summed E-state index contributed by atoms with van der Waals surface area (Å²) in [5.74, 6) is -0.103. The van der Waals surface area contributed by atoms with E-state index in [0.717, 1.165) is 12.8 Å². The molecule has 0 aromatic rings. The van der Waals surface area contributed by atoms with Gasteiger partial charge in [-0.25, -0.2) is 0 Å². The maximum atomic E-state index is 11.7. The van der Waals surface area contributed by atoms with E-state index in [0.29, 0.717) is 5.75 Å². The minimum absolute atomic E-state index is 0.161. The molecule has 0 saturated heterocycles. The Morgan fingerprint density at radius 2 is 2.12 bits per heavy atom. The highest BCUT2D eigenvalue weighted by Gasteiger charge is 2.31. The second-order valence-corrected chi connectivity index (χ2v) is 4.34. The molecule has 1 atom stereocenters. The fourth-order valence-corrected chi connectivity index (χ4v) is 1.87. The second kappa shape index (κ2) is 6.10. The number of methoxy groups -OCH3 is 1. The summed E-state index contributed by atoms with van der Waals surface area (Å²) in [5, 5.41) is 5.40. The van der Waals surface area contributed by atoms with E-state index >= 15 is 0 Å². The predicted molar refractivity (Wildman–Crippen MR) is 63.4 cm³/mol. The summed E-state index contributed by atoms with van der Waals surface area (Å²) in [6.45, 7) is 1.38. The topological polar surface area (TPSA) is 67.4 Å². The molecule has 0 aromatic heterocycles. The molecule has 2 amide bonds. The lowest BCUT2D eigenvalue weighted by Gasteiger charge is -2.35. The second-order valence-electron chi connectivity index (χ2n) is 3.97. The molecule has 2 N–H and O–H groups in total. The quantitative estimate of drug-likeness (QED) is 0.584. The number of hydrogen-bond donors (Lipinski definition) is 3. The molecule has 1 fully saturated rings. The lowest BCUT2D eigenvalue weighted by Crippen LogP contribution is -2.54. The number of hydrogen-bond acceptors (Lipinski definition) is 4. The Labute approximate surface area is 101 Å². The molecule has 1 saturated carbocycles. The summed E-state index contributed by atoms with van der Waals surface area (Å²) < 4.78 is 5.11. The third-order valence-corrected chi connectivity index (χ3v) is 3.02. The maximum absolute atomic E-state index is 11.7. The summed E-state index contributed by atoms with van der Waals surface area (Å²) in [4.78, 5) is 22.5. The molecular formula is C10H18N2O3S. The number of thiol groups is 1. The Morgan fingerprint density at radius 3 is 2.56 bits per heavy atom. The summed E-state index contributed by atoms with van der Waals surface area (Å²) in [5.41, 5.74) is 0. The van der Waals surface area contributed by atoms with Gasteiger partial charge in [-0.3, -0.25) is 9.59 Å². The molecule has 1 aliphatic carbocycles. The van der Waals surface area contributed by atoms with Gasteiger partial charge in [0.25, 0.3) is 0 Å². The van der Waals surface area contributed by atoms with Crippen molar-refractivity contribution in [3.63, 3.8) is 0 Å². The normalized spacial score (nSPS) is 25.4. The van der Waals surface area contributed by atoms with Crippen LogP contribution in [0.2, 0.25) is 0 Å². The zero-order valence-electron chi connectivity index (χ0n) is 9.53. The van der Waals surface area contributed by atoms with Gasteiger partial charge in [0.2, 0.25) is 11.8 Å². The lowest BCUT2D eigenvalue weighted by atomic mass is 9.89. The van der Waals surface area contributed by atoms with E-state index in [4.69, 9.17) is 4.74 Å². The van der Waals surface area contributed by atoms with Crippen LogP contribution in [0.15, 0.2) is 0 Å². The summed E-state index contributed by atoms with van der Waals surface area (Å²) in [7, 11) is 1.66. The van der Waals surface area contributed by atoms with Crippen molar-refractivity contribution in [2.24, 2.45) is 0 Å². The average molecular weight is 246 g/mol. The highest BCUT2D eigenvalue weighted by Crippen LogP contribution is 2.22. The van der Waals surface area contributed by atoms with Crippen LogP contribution in [0, 0.1) is 0 Å². The third-order valence-electron chi connectivity index (χ3n) is 2.65. The molecule has 16 heavy (non-hydrogen) atoms. The predicted octanol–water partition coefficient (Wildman–Crippen LogP) is -0.286. The van der Waals surface area contributed by atoms with E-state index in [9.17, 15) is 9.59 Å². The van der Waals surface area contributed by atoms with Crippen molar-refractivity contribution in [2.45, 2.75) is 38.0 Å². The molecule has 0 radical (unpaired) electrons. The van der Waals surface area contributed by atoms with Gasteiger partial charge in [0.1, 0.15) is 6.04 Å². The number of rotatable bonds is 5. The van der Waals surface area contributed by atoms with Crippen molar-refractivity contribution in [3.05, 3.63) is 0 Å². The molecule has 5 nitrogen and oxygen atoms in total. The van der Waals surface area contributed by atoms with Crippen LogP contribution in [0.25, 0.3) is 0 Å². The molecule has 6 heteroatoms. The molecule has 0 aliphatic heterocycles. The average Bonchev–Trinajstić information content (AvgIpc) is 2.18. The van der Waals surface area contributed by atoms with Crippen LogP contribution < -0.4 is 10.6 Å². The van der Waals surface area contributed by atoms with Gasteiger partial charge in [-0.2, -0.15) is 12.6 Å². The van der Waals surface area contributed by atoms with Crippen molar-refractivity contribution in [2.75, 3.05) is 12.9 Å². The standard InChI is InChI=1S/C10H18N2O3S/c1-6(13)11-9(5-16)10(14)12-7-3-8(4-7)15-2/h7-9,16H,3-5H2,1-2H3,(H,11,13)(H,12,14). The smallest absolute Gasteiger partial charge is 0.243 e. The molecule has 92 valence electrons. The summed E-state index contributed by atoms with van der Waals surface area (Å²) in [6, 6.07) is -0.393. The van der Waals surface area contributed by atoms with Crippen molar-refractivity contribution in [1.29, 1.82) is 0 Å². The van der Waals surface area contributed by atoms with Crippen LogP contribution >= 0.6 is 12.6 Å². The van der Waals surface area contributed by atoms with Crippen LogP contribution in [0.1, 0.15) is 19.8 Å². The van der Waals surface area contributed by atoms with Crippen molar-refractivity contribution in [1.82, 2.24) is 10.6 Å². The first-order valence-electron chi connectivity index (χ1n) is 5.28. The summed E-state index contributed by atoms with van der Waals surface area (Å²) >= 11 is 4.04. The molecule has 0 spiro atoms. The molecule has 0 aromatic carbocycles. The fourth-order valence-electron chi connectivity index (χ4n) is 1.62. The Hall–Kier alpha value is -0.750. The first kappa shape index (κ1) is 13.3. The van der Waals surface area contributed by atoms with Crippen LogP contribution in [-0.2, 0) is 14.3 Å². The molecular weight excluding hydrogens is 228 g/mol. The molecule has 1 unspecified atom stereocenters. The Morgan fingerprint density at radius 1 is 1.50 bits per heavy atom. The summed E-state index contributed by atoms with van der Waals surface area (Å²) in [6.07, 6.45) is 1.92. The van der Waals surface area contributed by atoms with Gasteiger partial charge in [0, 0.05) is 25.8 Å². The van der Waals surface area contributed by atoms with E-state index in [1.54, 1.807) is 7.11 Å². The number of carbonyl (C=O) groups is 2. The molecule has 1 rings (SSSR count). The van der Waals surface area contributed by atoms with Gasteiger partial charge < -0.3 is 15.4 Å². The molecule has 1 aliphatic rings. The Balaban J connectivity index is 2.30. The monoisotopic (exact) mass is 246 g/mol. The first-order valence-corrected chi connectivity index (χ1v) is 5.91. The van der Waals surface area contributed by atoms with E-state index in [-0.39, 0.29) is 24.0 Å². The van der Waals surface area contributed by atoms with Crippen LogP contribution in [0.5, 0.6) is 0 Å². The van der Waals surface area contributed by atoms with Gasteiger partial charge in [-0.1, -0.05) is 0 Å². The zero-order chi connectivity index (χ0) is 12.1. The Bertz CT molecular complexity index is 267. The van der Waals surface area contributed by atoms with E-state index < -0.39 is 6.04 Å². The van der Waals surface area contributed by atoms with Gasteiger partial charge >= 0.3 is 0 Å². The number of ether oxygens (including phenoxy) is 1. The van der Waals surface area contributed by atoms with Gasteiger partial charge in [0.15, 0.2) is 0 Å². The van der Waals surface area contributed by atoms with Crippen LogP contribution in [-0.4, -0.2) is 42.9 Å². The lowest BCUT2D eigenvalue weighted by molar-refractivity contribution is -0.129. The van der Waals surface area contributed by atoms with E-state index in [2.05, 4.69) is 23.3 Å². The van der Waals surface area contributed by atoms with E-state index in [1.165, 1.54) is 6.92 Å². The van der Waals surface area contributed by atoms with Crippen molar-refractivity contribution in [3.8, 4) is 0 Å². The number of amides is 2. The maximum Gasteiger partial charge on any atom is 0.243 e. The van der Waals surface area contributed by atoms with Crippen LogP contribution in [0.4, 0.5) is 0 Å². The highest BCUT2D eigenvalue weighted by molar-refractivity contribution is 7.80. The van der Waals surface area contributed by atoms with E-state index in [1.807, 2.05) is 0 Å². The minimum atomic E-state index is -0.553. The minimum Gasteiger partial charge on any atom is -0.381 e. The zero-order valence-corrected chi connectivity index (χ0v) is 10.4. The molecule has 0 bridgehead atoms. The number of nitrogens with one attached hydrogen (secondary N) is 2. The van der Waals surface area contributed by atoms with Gasteiger partial charge in [-0.05, 0) is 12.8 Å². The third kappa shape index (κ3) is 3.68. The first-order chi connectivity index (χ1) is 7.56. The highest BCUT2D eigenvalue weighted by atomic mass is 32.1. The van der Waals surface area contributed by atoms with Crippen molar-refractivity contribution < 1.29 is 14.3 Å². The largest absolute Gasteiger partial charge is 0.381 e. The fraction of sp³-hybridized carbons (Fsp3) is 0.800. The number of carbonyl (C=O) groups excluding carboxylic acids is 2. The van der Waals surface area contributed by atoms with Gasteiger partial charge in [0.05, 0.1) is 6.10 Å². The Kier molecular flexibility index (Phi) is 5.08. The molecule has 0 heterocycles. The van der Waals surface area contributed by atoms with Crippen molar-refractivity contribution >= 4 is 24.4 Å². The SMILES string of the molecule is COC1CC(NC(=O)C(CS)NC(C)=O)C1. The van der Waals surface area contributed by atoms with Crippen LogP contribution in [0.3, 0.4) is 0 Å².